The first-order valence-electron chi connectivity index (χ1n) is 8.40. The van der Waals surface area contributed by atoms with Gasteiger partial charge in [0.25, 0.3) is 0 Å². The SMILES string of the molecule is COc1ccc2c3c1O[C@H]1[C@@H](O)CC[C@]4(CC2)N(C)CC[C@]314. The van der Waals surface area contributed by atoms with Gasteiger partial charge >= 0.3 is 0 Å². The van der Waals surface area contributed by atoms with Crippen molar-refractivity contribution < 1.29 is 14.6 Å². The first-order chi connectivity index (χ1) is 10.6. The van der Waals surface area contributed by atoms with E-state index in [4.69, 9.17) is 9.47 Å². The van der Waals surface area contributed by atoms with Crippen LogP contribution < -0.4 is 9.47 Å². The van der Waals surface area contributed by atoms with Crippen LogP contribution in [0.3, 0.4) is 0 Å². The van der Waals surface area contributed by atoms with E-state index in [-0.39, 0.29) is 23.2 Å². The Bertz CT molecular complexity index is 660. The lowest BCUT2D eigenvalue weighted by Crippen LogP contribution is -2.66. The van der Waals surface area contributed by atoms with Gasteiger partial charge in [-0.3, -0.25) is 4.90 Å². The van der Waals surface area contributed by atoms with E-state index in [1.54, 1.807) is 7.11 Å². The summed E-state index contributed by atoms with van der Waals surface area (Å²) in [5.74, 6) is 1.73. The molecule has 0 radical (unpaired) electrons. The molecule has 1 aromatic rings. The van der Waals surface area contributed by atoms with Gasteiger partial charge in [0.05, 0.1) is 18.6 Å². The van der Waals surface area contributed by atoms with Crippen molar-refractivity contribution in [2.24, 2.45) is 0 Å². The van der Waals surface area contributed by atoms with Crippen molar-refractivity contribution in [2.75, 3.05) is 20.7 Å². The van der Waals surface area contributed by atoms with Crippen LogP contribution in [0.2, 0.25) is 0 Å². The second-order valence-electron chi connectivity index (χ2n) is 7.45. The fraction of sp³-hybridized carbons (Fsp3) is 0.667. The number of aryl methyl sites for hydroxylation is 1. The van der Waals surface area contributed by atoms with Crippen LogP contribution in [-0.4, -0.2) is 48.5 Å². The number of rotatable bonds is 1. The molecule has 0 amide bonds. The molecular weight excluding hydrogens is 278 g/mol. The first-order valence-corrected chi connectivity index (χ1v) is 8.40. The standard InChI is InChI=1S/C18H23NO3/c1-19-10-9-18-14-11-3-4-13(21-2)15(14)22-16(18)12(20)6-8-17(18,19)7-5-11/h3-4,12,16,20H,5-10H2,1-2H3/t12-,16-,17-,18-/m0/s1. The number of aliphatic hydroxyl groups is 1. The van der Waals surface area contributed by atoms with Crippen LogP contribution in [0.1, 0.15) is 36.8 Å². The highest BCUT2D eigenvalue weighted by Gasteiger charge is 2.71. The molecule has 2 fully saturated rings. The van der Waals surface area contributed by atoms with E-state index in [2.05, 4.69) is 18.0 Å². The molecule has 2 aliphatic heterocycles. The summed E-state index contributed by atoms with van der Waals surface area (Å²) >= 11 is 0. The largest absolute Gasteiger partial charge is 0.493 e. The number of ether oxygens (including phenoxy) is 2. The molecular formula is C18H23NO3. The van der Waals surface area contributed by atoms with Gasteiger partial charge in [-0.25, -0.2) is 0 Å². The van der Waals surface area contributed by atoms with Crippen LogP contribution in [0.4, 0.5) is 0 Å². The lowest BCUT2D eigenvalue weighted by molar-refractivity contribution is -0.0843. The molecule has 1 aromatic carbocycles. The molecule has 1 spiro atoms. The summed E-state index contributed by atoms with van der Waals surface area (Å²) in [6.45, 7) is 1.09. The zero-order valence-electron chi connectivity index (χ0n) is 13.3. The second kappa shape index (κ2) is 3.98. The van der Waals surface area contributed by atoms with Crippen molar-refractivity contribution >= 4 is 0 Å². The molecule has 0 unspecified atom stereocenters. The Labute approximate surface area is 131 Å². The van der Waals surface area contributed by atoms with Gasteiger partial charge < -0.3 is 14.6 Å². The third-order valence-corrected chi connectivity index (χ3v) is 7.02. The zero-order chi connectivity index (χ0) is 15.1. The molecule has 5 rings (SSSR count). The predicted octanol–water partition coefficient (Wildman–Crippen LogP) is 1.87. The van der Waals surface area contributed by atoms with E-state index >= 15 is 0 Å². The summed E-state index contributed by atoms with van der Waals surface area (Å²) in [6, 6.07) is 4.24. The molecule has 22 heavy (non-hydrogen) atoms. The molecule has 2 heterocycles. The number of benzene rings is 1. The number of methoxy groups -OCH3 is 1. The number of hydrogen-bond donors (Lipinski definition) is 1. The molecule has 1 saturated carbocycles. The third kappa shape index (κ3) is 1.18. The summed E-state index contributed by atoms with van der Waals surface area (Å²) in [5, 5.41) is 10.7. The number of nitrogens with zero attached hydrogens (tertiary/aromatic N) is 1. The zero-order valence-corrected chi connectivity index (χ0v) is 13.3. The maximum absolute atomic E-state index is 10.7. The first kappa shape index (κ1) is 13.2. The summed E-state index contributed by atoms with van der Waals surface area (Å²) in [5.41, 5.74) is 2.86. The van der Waals surface area contributed by atoms with Gasteiger partial charge in [0.15, 0.2) is 11.5 Å². The molecule has 4 heteroatoms. The summed E-state index contributed by atoms with van der Waals surface area (Å²) in [4.78, 5) is 2.55. The van der Waals surface area contributed by atoms with E-state index in [9.17, 15) is 5.11 Å². The Kier molecular flexibility index (Phi) is 2.39. The molecule has 4 atom stereocenters. The third-order valence-electron chi connectivity index (χ3n) is 7.02. The minimum atomic E-state index is -0.373. The van der Waals surface area contributed by atoms with Gasteiger partial charge in [-0.1, -0.05) is 6.07 Å². The van der Waals surface area contributed by atoms with E-state index in [1.807, 2.05) is 6.07 Å². The maximum atomic E-state index is 10.7. The average Bonchev–Trinajstić information content (AvgIpc) is 3.05. The van der Waals surface area contributed by atoms with E-state index < -0.39 is 0 Å². The van der Waals surface area contributed by atoms with Crippen molar-refractivity contribution in [3.8, 4) is 11.5 Å². The van der Waals surface area contributed by atoms with Crippen LogP contribution in [0.15, 0.2) is 12.1 Å². The highest BCUT2D eigenvalue weighted by atomic mass is 16.5. The maximum Gasteiger partial charge on any atom is 0.166 e. The quantitative estimate of drug-likeness (QED) is 0.860. The highest BCUT2D eigenvalue weighted by molar-refractivity contribution is 5.62. The van der Waals surface area contributed by atoms with E-state index in [0.29, 0.717) is 0 Å². The van der Waals surface area contributed by atoms with Gasteiger partial charge in [0.2, 0.25) is 0 Å². The van der Waals surface area contributed by atoms with Crippen molar-refractivity contribution in [1.29, 1.82) is 0 Å². The van der Waals surface area contributed by atoms with Crippen LogP contribution in [0.25, 0.3) is 0 Å². The molecule has 4 nitrogen and oxygen atoms in total. The van der Waals surface area contributed by atoms with Gasteiger partial charge in [0.1, 0.15) is 6.10 Å². The second-order valence-corrected chi connectivity index (χ2v) is 7.45. The van der Waals surface area contributed by atoms with Gasteiger partial charge in [-0.05, 0) is 57.3 Å². The lowest BCUT2D eigenvalue weighted by atomic mass is 9.52. The number of likely N-dealkylation sites (tertiary alicyclic amines) is 1. The van der Waals surface area contributed by atoms with Gasteiger partial charge in [-0.15, -0.1) is 0 Å². The summed E-state index contributed by atoms with van der Waals surface area (Å²) < 4.78 is 11.9. The highest BCUT2D eigenvalue weighted by Crippen LogP contribution is 2.67. The molecule has 118 valence electrons. The van der Waals surface area contributed by atoms with E-state index in [1.165, 1.54) is 17.5 Å². The van der Waals surface area contributed by atoms with Gasteiger partial charge in [0, 0.05) is 11.1 Å². The molecule has 2 aliphatic carbocycles. The van der Waals surface area contributed by atoms with Crippen LogP contribution >= 0.6 is 0 Å². The Morgan fingerprint density at radius 3 is 3.00 bits per heavy atom. The molecule has 0 bridgehead atoms. The number of hydrogen-bond acceptors (Lipinski definition) is 4. The predicted molar refractivity (Wildman–Crippen MR) is 82.6 cm³/mol. The van der Waals surface area contributed by atoms with Crippen molar-refractivity contribution in [3.63, 3.8) is 0 Å². The summed E-state index contributed by atoms with van der Waals surface area (Å²) in [7, 11) is 3.96. The Hall–Kier alpha value is -1.26. The average molecular weight is 301 g/mol. The Morgan fingerprint density at radius 2 is 2.18 bits per heavy atom. The van der Waals surface area contributed by atoms with Crippen molar-refractivity contribution in [3.05, 3.63) is 23.3 Å². The van der Waals surface area contributed by atoms with Crippen molar-refractivity contribution in [1.82, 2.24) is 4.90 Å². The minimum Gasteiger partial charge on any atom is -0.493 e. The topological polar surface area (TPSA) is 41.9 Å². The molecule has 0 aromatic heterocycles. The normalized spacial score (nSPS) is 41.8. The Balaban J connectivity index is 1.84. The number of aliphatic hydroxyl groups excluding tert-OH is 1. The van der Waals surface area contributed by atoms with Crippen LogP contribution in [-0.2, 0) is 11.8 Å². The molecule has 4 aliphatic rings. The smallest absolute Gasteiger partial charge is 0.166 e. The monoisotopic (exact) mass is 301 g/mol. The van der Waals surface area contributed by atoms with Crippen molar-refractivity contribution in [2.45, 2.75) is 55.3 Å². The Morgan fingerprint density at radius 1 is 1.32 bits per heavy atom. The fourth-order valence-corrected chi connectivity index (χ4v) is 6.08. The van der Waals surface area contributed by atoms with Gasteiger partial charge in [-0.2, -0.15) is 0 Å². The fourth-order valence-electron chi connectivity index (χ4n) is 6.08. The summed E-state index contributed by atoms with van der Waals surface area (Å²) in [6.07, 6.45) is 4.78. The van der Waals surface area contributed by atoms with Crippen LogP contribution in [0.5, 0.6) is 11.5 Å². The molecule has 1 saturated heterocycles. The van der Waals surface area contributed by atoms with Crippen LogP contribution in [0, 0.1) is 0 Å². The lowest BCUT2D eigenvalue weighted by Gasteiger charge is -2.56. The minimum absolute atomic E-state index is 0.0448. The molecule has 1 N–H and O–H groups in total. The number of likely N-dealkylation sites (N-methyl/N-ethyl adjacent to an activating group) is 1. The van der Waals surface area contributed by atoms with E-state index in [0.717, 1.165) is 43.7 Å².